The molecule has 2 N–H and O–H groups in total. The second kappa shape index (κ2) is 11.5. The summed E-state index contributed by atoms with van der Waals surface area (Å²) in [4.78, 5) is 47.0. The van der Waals surface area contributed by atoms with E-state index in [1.54, 1.807) is 36.4 Å². The lowest BCUT2D eigenvalue weighted by molar-refractivity contribution is -0.385. The van der Waals surface area contributed by atoms with Crippen molar-refractivity contribution in [1.82, 2.24) is 5.43 Å². The average Bonchev–Trinajstić information content (AvgIpc) is 2.86. The van der Waals surface area contributed by atoms with E-state index in [1.165, 1.54) is 36.4 Å². The molecule has 11 heteroatoms. The number of amides is 2. The molecule has 0 aromatic heterocycles. The number of carbonyl (C=O) groups is 3. The maximum Gasteiger partial charge on any atom is 0.350 e. The highest BCUT2D eigenvalue weighted by atomic mass is 16.6. The number of nitro groups is 1. The highest BCUT2D eigenvalue weighted by Crippen LogP contribution is 2.22. The predicted octanol–water partition coefficient (Wildman–Crippen LogP) is 2.97. The number of carbonyl (C=O) groups excluding carboxylic acids is 3. The van der Waals surface area contributed by atoms with Crippen molar-refractivity contribution in [2.24, 2.45) is 5.10 Å². The van der Waals surface area contributed by atoms with Crippen LogP contribution in [0.1, 0.15) is 21.5 Å². The number of esters is 1. The van der Waals surface area contributed by atoms with Gasteiger partial charge >= 0.3 is 17.8 Å². The van der Waals surface area contributed by atoms with E-state index in [0.29, 0.717) is 5.69 Å². The van der Waals surface area contributed by atoms with Crippen molar-refractivity contribution in [2.75, 3.05) is 5.32 Å². The summed E-state index contributed by atoms with van der Waals surface area (Å²) in [7, 11) is 0. The van der Waals surface area contributed by atoms with E-state index in [1.807, 2.05) is 6.07 Å². The average molecular weight is 471 g/mol. The summed E-state index contributed by atoms with van der Waals surface area (Å²) in [5.74, 6) is -2.92. The number of benzene rings is 3. The molecule has 0 fully saturated rings. The molecule has 3 aromatic carbocycles. The molecule has 2 amide bonds. The maximum absolute atomic E-state index is 12.5. The standard InChI is InChI=1S/C24H17N5O6/c25-14-13-16-9-11-18(12-10-16)27-22(30)23(31)28-26-15-17-5-1-4-8-21(17)35-24(32)19-6-2-3-7-20(19)29(33)34/h1-12,15H,13H2,(H,27,30)(H,28,31). The van der Waals surface area contributed by atoms with Gasteiger partial charge in [0.05, 0.1) is 23.6 Å². The smallest absolute Gasteiger partial charge is 0.350 e. The number of hydrazone groups is 1. The quantitative estimate of drug-likeness (QED) is 0.134. The monoisotopic (exact) mass is 471 g/mol. The second-order valence-electron chi connectivity index (χ2n) is 6.89. The van der Waals surface area contributed by atoms with Crippen LogP contribution in [-0.2, 0) is 16.0 Å². The Bertz CT molecular complexity index is 1350. The minimum atomic E-state index is -1.04. The van der Waals surface area contributed by atoms with Crippen molar-refractivity contribution < 1.29 is 24.0 Å². The van der Waals surface area contributed by atoms with Gasteiger partial charge in [-0.3, -0.25) is 19.7 Å². The van der Waals surface area contributed by atoms with Gasteiger partial charge in [0.25, 0.3) is 5.69 Å². The largest absolute Gasteiger partial charge is 0.422 e. The van der Waals surface area contributed by atoms with Gasteiger partial charge in [-0.1, -0.05) is 36.4 Å². The molecule has 0 spiro atoms. The minimum Gasteiger partial charge on any atom is -0.422 e. The van der Waals surface area contributed by atoms with Crippen LogP contribution in [0, 0.1) is 21.4 Å². The minimum absolute atomic E-state index is 0.0376. The number of anilines is 1. The molecule has 0 unspecified atom stereocenters. The number of para-hydroxylation sites is 2. The summed E-state index contributed by atoms with van der Waals surface area (Å²) in [5.41, 5.74) is 2.84. The first-order valence-corrected chi connectivity index (χ1v) is 10.0. The van der Waals surface area contributed by atoms with Gasteiger partial charge in [0.15, 0.2) is 0 Å². The lowest BCUT2D eigenvalue weighted by atomic mass is 10.1. The SMILES string of the molecule is N#CCc1ccc(NC(=O)C(=O)NN=Cc2ccccc2OC(=O)c2ccccc2[N+](=O)[O-])cc1. The van der Waals surface area contributed by atoms with Gasteiger partial charge in [-0.15, -0.1) is 0 Å². The van der Waals surface area contributed by atoms with Crippen LogP contribution >= 0.6 is 0 Å². The van der Waals surface area contributed by atoms with Crippen LogP contribution in [0.3, 0.4) is 0 Å². The number of nitrogens with zero attached hydrogens (tertiary/aromatic N) is 3. The third-order valence-corrected chi connectivity index (χ3v) is 4.51. The van der Waals surface area contributed by atoms with Crippen LogP contribution in [0.4, 0.5) is 11.4 Å². The van der Waals surface area contributed by atoms with Gasteiger partial charge in [-0.05, 0) is 35.9 Å². The van der Waals surface area contributed by atoms with E-state index in [9.17, 15) is 24.5 Å². The summed E-state index contributed by atoms with van der Waals surface area (Å²) >= 11 is 0. The number of hydrogen-bond acceptors (Lipinski definition) is 8. The molecule has 35 heavy (non-hydrogen) atoms. The zero-order chi connectivity index (χ0) is 25.2. The molecule has 0 aliphatic rings. The second-order valence-corrected chi connectivity index (χ2v) is 6.89. The number of nitrogens with one attached hydrogen (secondary N) is 2. The van der Waals surface area contributed by atoms with E-state index < -0.39 is 28.4 Å². The van der Waals surface area contributed by atoms with Crippen molar-refractivity contribution >= 4 is 35.4 Å². The number of nitro benzene ring substituents is 1. The molecule has 11 nitrogen and oxygen atoms in total. The van der Waals surface area contributed by atoms with E-state index in [4.69, 9.17) is 10.00 Å². The van der Waals surface area contributed by atoms with Gasteiger partial charge in [0.2, 0.25) is 0 Å². The Morgan fingerprint density at radius 1 is 1.00 bits per heavy atom. The molecule has 3 aromatic rings. The first-order chi connectivity index (χ1) is 16.9. The Labute approximate surface area is 198 Å². The summed E-state index contributed by atoms with van der Waals surface area (Å²) < 4.78 is 5.29. The van der Waals surface area contributed by atoms with E-state index in [2.05, 4.69) is 15.8 Å². The third-order valence-electron chi connectivity index (χ3n) is 4.51. The maximum atomic E-state index is 12.5. The molecular formula is C24H17N5O6. The number of ether oxygens (including phenoxy) is 1. The molecule has 3 rings (SSSR count). The van der Waals surface area contributed by atoms with Gasteiger partial charge < -0.3 is 10.1 Å². The van der Waals surface area contributed by atoms with Crippen molar-refractivity contribution in [2.45, 2.75) is 6.42 Å². The molecular weight excluding hydrogens is 454 g/mol. The van der Waals surface area contributed by atoms with Gasteiger partial charge in [0, 0.05) is 17.3 Å². The van der Waals surface area contributed by atoms with Crippen molar-refractivity contribution in [3.8, 4) is 11.8 Å². The Morgan fingerprint density at radius 3 is 2.40 bits per heavy atom. The van der Waals surface area contributed by atoms with Crippen LogP contribution in [0.15, 0.2) is 77.9 Å². The topological polar surface area (TPSA) is 164 Å². The van der Waals surface area contributed by atoms with Crippen LogP contribution in [0.5, 0.6) is 5.75 Å². The zero-order valence-electron chi connectivity index (χ0n) is 18.0. The van der Waals surface area contributed by atoms with E-state index in [0.717, 1.165) is 11.8 Å². The number of nitriles is 1. The number of hydrogen-bond donors (Lipinski definition) is 2. The van der Waals surface area contributed by atoms with Gasteiger partial charge in [-0.2, -0.15) is 10.4 Å². The molecule has 0 saturated carbocycles. The molecule has 0 aliphatic heterocycles. The number of rotatable bonds is 7. The van der Waals surface area contributed by atoms with Crippen molar-refractivity contribution in [1.29, 1.82) is 5.26 Å². The molecule has 0 atom stereocenters. The highest BCUT2D eigenvalue weighted by molar-refractivity contribution is 6.39. The molecule has 174 valence electrons. The zero-order valence-corrected chi connectivity index (χ0v) is 18.0. The van der Waals surface area contributed by atoms with Crippen LogP contribution in [0.25, 0.3) is 0 Å². The van der Waals surface area contributed by atoms with Crippen molar-refractivity contribution in [3.05, 3.63) is 99.6 Å². The fraction of sp³-hybridized carbons (Fsp3) is 0.0417. The molecule has 0 heterocycles. The highest BCUT2D eigenvalue weighted by Gasteiger charge is 2.21. The normalized spacial score (nSPS) is 10.3. The first-order valence-electron chi connectivity index (χ1n) is 10.0. The van der Waals surface area contributed by atoms with E-state index >= 15 is 0 Å². The first kappa shape index (κ1) is 24.3. The van der Waals surface area contributed by atoms with Crippen LogP contribution in [0.2, 0.25) is 0 Å². The van der Waals surface area contributed by atoms with E-state index in [-0.39, 0.29) is 23.3 Å². The molecule has 0 bridgehead atoms. The van der Waals surface area contributed by atoms with Gasteiger partial charge in [-0.25, -0.2) is 10.2 Å². The Morgan fingerprint density at radius 2 is 1.69 bits per heavy atom. The van der Waals surface area contributed by atoms with Crippen LogP contribution in [-0.4, -0.2) is 28.9 Å². The summed E-state index contributed by atoms with van der Waals surface area (Å²) in [6.07, 6.45) is 1.38. The lowest BCUT2D eigenvalue weighted by Gasteiger charge is -2.07. The fourth-order valence-corrected chi connectivity index (χ4v) is 2.84. The lowest BCUT2D eigenvalue weighted by Crippen LogP contribution is -2.32. The third kappa shape index (κ3) is 6.56. The summed E-state index contributed by atoms with van der Waals surface area (Å²) in [6, 6.07) is 19.9. The fourth-order valence-electron chi connectivity index (χ4n) is 2.84. The Kier molecular flexibility index (Phi) is 7.96. The Balaban J connectivity index is 1.63. The Hall–Kier alpha value is -5.37. The molecule has 0 aliphatic carbocycles. The molecule has 0 radical (unpaired) electrons. The summed E-state index contributed by atoms with van der Waals surface area (Å²) in [6.45, 7) is 0. The summed E-state index contributed by atoms with van der Waals surface area (Å²) in [5, 5.41) is 25.9. The van der Waals surface area contributed by atoms with Crippen LogP contribution < -0.4 is 15.5 Å². The van der Waals surface area contributed by atoms with Crippen molar-refractivity contribution in [3.63, 3.8) is 0 Å². The predicted molar refractivity (Wildman–Crippen MR) is 125 cm³/mol. The molecule has 0 saturated heterocycles. The van der Waals surface area contributed by atoms with Gasteiger partial charge in [0.1, 0.15) is 11.3 Å².